The van der Waals surface area contributed by atoms with Crippen molar-refractivity contribution in [3.63, 3.8) is 0 Å². The Kier molecular flexibility index (Phi) is 4.46. The molecular formula is C11H18N2O2S. The number of hydrogen-bond acceptors (Lipinski definition) is 3. The molecule has 1 aromatic carbocycles. The van der Waals surface area contributed by atoms with Gasteiger partial charge in [-0.05, 0) is 19.4 Å². The maximum absolute atomic E-state index is 11.6. The maximum Gasteiger partial charge on any atom is 0.215 e. The van der Waals surface area contributed by atoms with E-state index in [1.807, 2.05) is 31.2 Å². The van der Waals surface area contributed by atoms with Crippen molar-refractivity contribution >= 4 is 10.0 Å². The zero-order valence-electron chi connectivity index (χ0n) is 9.60. The molecule has 1 rings (SSSR count). The van der Waals surface area contributed by atoms with E-state index in [-0.39, 0.29) is 6.54 Å². The van der Waals surface area contributed by atoms with Gasteiger partial charge in [0.2, 0.25) is 10.0 Å². The second-order valence-electron chi connectivity index (χ2n) is 3.90. The molecule has 0 aliphatic heterocycles. The van der Waals surface area contributed by atoms with E-state index in [4.69, 9.17) is 5.73 Å². The Hall–Kier alpha value is -0.910. The lowest BCUT2D eigenvalue weighted by Gasteiger charge is -2.11. The summed E-state index contributed by atoms with van der Waals surface area (Å²) in [6.45, 7) is 4.03. The summed E-state index contributed by atoms with van der Waals surface area (Å²) in [6.07, 6.45) is 0. The molecule has 16 heavy (non-hydrogen) atoms. The van der Waals surface area contributed by atoms with Gasteiger partial charge in [-0.1, -0.05) is 29.8 Å². The summed E-state index contributed by atoms with van der Waals surface area (Å²) < 4.78 is 25.8. The van der Waals surface area contributed by atoms with Gasteiger partial charge in [0.25, 0.3) is 0 Å². The lowest BCUT2D eigenvalue weighted by Crippen LogP contribution is -2.36. The highest BCUT2D eigenvalue weighted by Crippen LogP contribution is 2.04. The van der Waals surface area contributed by atoms with E-state index in [2.05, 4.69) is 4.72 Å². The average molecular weight is 242 g/mol. The van der Waals surface area contributed by atoms with E-state index in [1.165, 1.54) is 0 Å². The quantitative estimate of drug-likeness (QED) is 0.800. The molecule has 0 aromatic heterocycles. The van der Waals surface area contributed by atoms with Crippen molar-refractivity contribution in [1.82, 2.24) is 4.72 Å². The van der Waals surface area contributed by atoms with Crippen molar-refractivity contribution in [3.8, 4) is 0 Å². The molecule has 1 unspecified atom stereocenters. The number of aryl methyl sites for hydroxylation is 1. The Morgan fingerprint density at radius 2 is 1.88 bits per heavy atom. The van der Waals surface area contributed by atoms with Gasteiger partial charge < -0.3 is 5.73 Å². The summed E-state index contributed by atoms with van der Waals surface area (Å²) in [6, 6.07) is 7.72. The van der Waals surface area contributed by atoms with Crippen LogP contribution in [-0.2, 0) is 16.6 Å². The first-order valence-electron chi connectivity index (χ1n) is 5.20. The number of hydrogen-bond donors (Lipinski definition) is 2. The molecule has 5 heteroatoms. The molecule has 1 atom stereocenters. The van der Waals surface area contributed by atoms with E-state index < -0.39 is 15.3 Å². The minimum absolute atomic E-state index is 0.128. The Bertz CT molecular complexity index is 426. The van der Waals surface area contributed by atoms with Crippen molar-refractivity contribution in [2.24, 2.45) is 5.73 Å². The van der Waals surface area contributed by atoms with Crippen molar-refractivity contribution < 1.29 is 8.42 Å². The minimum atomic E-state index is -3.29. The average Bonchev–Trinajstić information content (AvgIpc) is 2.27. The smallest absolute Gasteiger partial charge is 0.215 e. The zero-order chi connectivity index (χ0) is 12.2. The number of sulfonamides is 1. The lowest BCUT2D eigenvalue weighted by molar-refractivity contribution is 0.568. The molecule has 0 saturated heterocycles. The number of benzene rings is 1. The van der Waals surface area contributed by atoms with E-state index in [9.17, 15) is 8.42 Å². The van der Waals surface area contributed by atoms with Crippen molar-refractivity contribution in [2.45, 2.75) is 25.6 Å². The fourth-order valence-corrected chi connectivity index (χ4v) is 2.06. The summed E-state index contributed by atoms with van der Waals surface area (Å²) in [4.78, 5) is 0. The molecule has 3 N–H and O–H groups in total. The molecule has 0 radical (unpaired) electrons. The molecular weight excluding hydrogens is 224 g/mol. The standard InChI is InChI=1S/C11H18N2O2S/c1-9-3-5-11(6-4-9)8-13-16(14,15)10(2)7-12/h3-6,10,13H,7-8,12H2,1-2H3. The highest BCUT2D eigenvalue weighted by molar-refractivity contribution is 7.90. The summed E-state index contributed by atoms with van der Waals surface area (Å²) in [5, 5.41) is -0.557. The SMILES string of the molecule is Cc1ccc(CNS(=O)(=O)C(C)CN)cc1. The number of nitrogens with two attached hydrogens (primary N) is 1. The summed E-state index contributed by atoms with van der Waals surface area (Å²) in [5.74, 6) is 0. The van der Waals surface area contributed by atoms with Crippen LogP contribution in [0.4, 0.5) is 0 Å². The van der Waals surface area contributed by atoms with Crippen molar-refractivity contribution in [2.75, 3.05) is 6.54 Å². The predicted octanol–water partition coefficient (Wildman–Crippen LogP) is 0.762. The van der Waals surface area contributed by atoms with Gasteiger partial charge in [-0.15, -0.1) is 0 Å². The number of nitrogens with one attached hydrogen (secondary N) is 1. The van der Waals surface area contributed by atoms with Crippen LogP contribution in [0, 0.1) is 6.92 Å². The van der Waals surface area contributed by atoms with Gasteiger partial charge in [0, 0.05) is 13.1 Å². The molecule has 90 valence electrons. The summed E-state index contributed by atoms with van der Waals surface area (Å²) in [5.41, 5.74) is 7.43. The molecule has 4 nitrogen and oxygen atoms in total. The van der Waals surface area contributed by atoms with E-state index in [0.717, 1.165) is 11.1 Å². The summed E-state index contributed by atoms with van der Waals surface area (Å²) in [7, 11) is -3.29. The molecule has 0 aliphatic rings. The highest BCUT2D eigenvalue weighted by Gasteiger charge is 2.17. The Labute approximate surface area is 96.9 Å². The molecule has 0 spiro atoms. The molecule has 0 fully saturated rings. The first-order valence-corrected chi connectivity index (χ1v) is 6.74. The normalized spacial score (nSPS) is 13.7. The van der Waals surface area contributed by atoms with Gasteiger partial charge in [-0.25, -0.2) is 13.1 Å². The highest BCUT2D eigenvalue weighted by atomic mass is 32.2. The van der Waals surface area contributed by atoms with Crippen LogP contribution in [0.1, 0.15) is 18.1 Å². The zero-order valence-corrected chi connectivity index (χ0v) is 10.4. The Morgan fingerprint density at radius 1 is 1.31 bits per heavy atom. The Balaban J connectivity index is 2.61. The van der Waals surface area contributed by atoms with Crippen LogP contribution in [0.3, 0.4) is 0 Å². The van der Waals surface area contributed by atoms with Gasteiger partial charge in [-0.2, -0.15) is 0 Å². The van der Waals surface area contributed by atoms with E-state index >= 15 is 0 Å². The van der Waals surface area contributed by atoms with E-state index in [1.54, 1.807) is 6.92 Å². The third kappa shape index (κ3) is 3.59. The van der Waals surface area contributed by atoms with Crippen LogP contribution in [0.15, 0.2) is 24.3 Å². The molecule has 1 aromatic rings. The van der Waals surface area contributed by atoms with Gasteiger partial charge in [0.15, 0.2) is 0 Å². The van der Waals surface area contributed by atoms with Gasteiger partial charge in [0.05, 0.1) is 5.25 Å². The summed E-state index contributed by atoms with van der Waals surface area (Å²) >= 11 is 0. The van der Waals surface area contributed by atoms with Gasteiger partial charge >= 0.3 is 0 Å². The molecule has 0 aliphatic carbocycles. The van der Waals surface area contributed by atoms with Crippen molar-refractivity contribution in [1.29, 1.82) is 0 Å². The fraction of sp³-hybridized carbons (Fsp3) is 0.455. The largest absolute Gasteiger partial charge is 0.329 e. The predicted molar refractivity (Wildman–Crippen MR) is 65.5 cm³/mol. The topological polar surface area (TPSA) is 72.2 Å². The molecule has 0 amide bonds. The third-order valence-electron chi connectivity index (χ3n) is 2.46. The van der Waals surface area contributed by atoms with Crippen LogP contribution in [0.25, 0.3) is 0 Å². The van der Waals surface area contributed by atoms with Crippen molar-refractivity contribution in [3.05, 3.63) is 35.4 Å². The third-order valence-corrected chi connectivity index (χ3v) is 4.26. The monoisotopic (exact) mass is 242 g/mol. The molecule has 0 bridgehead atoms. The maximum atomic E-state index is 11.6. The lowest BCUT2D eigenvalue weighted by atomic mass is 10.2. The minimum Gasteiger partial charge on any atom is -0.329 e. The second-order valence-corrected chi connectivity index (χ2v) is 6.08. The first kappa shape index (κ1) is 13.2. The first-order chi connectivity index (χ1) is 7.45. The van der Waals surface area contributed by atoms with E-state index in [0.29, 0.717) is 6.54 Å². The molecule has 0 saturated carbocycles. The second kappa shape index (κ2) is 5.43. The van der Waals surface area contributed by atoms with Crippen LogP contribution >= 0.6 is 0 Å². The molecule has 0 heterocycles. The number of rotatable bonds is 5. The van der Waals surface area contributed by atoms with Gasteiger partial charge in [0.1, 0.15) is 0 Å². The Morgan fingerprint density at radius 3 is 2.38 bits per heavy atom. The fourth-order valence-electron chi connectivity index (χ4n) is 1.16. The van der Waals surface area contributed by atoms with Crippen LogP contribution < -0.4 is 10.5 Å². The van der Waals surface area contributed by atoms with Crippen LogP contribution in [-0.4, -0.2) is 20.2 Å². The van der Waals surface area contributed by atoms with Crippen LogP contribution in [0.5, 0.6) is 0 Å². The van der Waals surface area contributed by atoms with Gasteiger partial charge in [-0.3, -0.25) is 0 Å². The van der Waals surface area contributed by atoms with Crippen LogP contribution in [0.2, 0.25) is 0 Å².